The molecule has 2 rings (SSSR count). The average molecular weight is 247 g/mol. The van der Waals surface area contributed by atoms with E-state index in [9.17, 15) is 5.11 Å². The SMILES string of the molecule is Cc1noc(C)c1COc1cccc(C(C)O)c1. The summed E-state index contributed by atoms with van der Waals surface area (Å²) in [4.78, 5) is 0. The molecule has 0 bridgehead atoms. The minimum absolute atomic E-state index is 0.421. The van der Waals surface area contributed by atoms with Crippen molar-refractivity contribution in [3.8, 4) is 5.75 Å². The first-order chi connectivity index (χ1) is 8.58. The predicted octanol–water partition coefficient (Wildman–Crippen LogP) is 2.92. The van der Waals surface area contributed by atoms with Gasteiger partial charge in [-0.25, -0.2) is 0 Å². The van der Waals surface area contributed by atoms with Gasteiger partial charge in [0.15, 0.2) is 0 Å². The van der Waals surface area contributed by atoms with E-state index in [1.54, 1.807) is 6.92 Å². The van der Waals surface area contributed by atoms with Gasteiger partial charge in [0.1, 0.15) is 18.1 Å². The summed E-state index contributed by atoms with van der Waals surface area (Å²) in [5, 5.41) is 13.4. The number of hydrogen-bond acceptors (Lipinski definition) is 4. The largest absolute Gasteiger partial charge is 0.489 e. The average Bonchev–Trinajstić information content (AvgIpc) is 2.67. The Balaban J connectivity index is 2.09. The number of ether oxygens (including phenoxy) is 1. The van der Waals surface area contributed by atoms with E-state index in [0.29, 0.717) is 6.61 Å². The maximum atomic E-state index is 9.51. The zero-order chi connectivity index (χ0) is 13.1. The highest BCUT2D eigenvalue weighted by Crippen LogP contribution is 2.21. The first-order valence-electron chi connectivity index (χ1n) is 5.90. The smallest absolute Gasteiger partial charge is 0.140 e. The van der Waals surface area contributed by atoms with E-state index < -0.39 is 6.10 Å². The Morgan fingerprint density at radius 3 is 2.78 bits per heavy atom. The van der Waals surface area contributed by atoms with Crippen LogP contribution in [0.1, 0.15) is 35.6 Å². The fourth-order valence-corrected chi connectivity index (χ4v) is 1.73. The number of hydrogen-bond donors (Lipinski definition) is 1. The van der Waals surface area contributed by atoms with E-state index in [1.165, 1.54) is 0 Å². The minimum atomic E-state index is -0.493. The van der Waals surface area contributed by atoms with Crippen LogP contribution in [0.25, 0.3) is 0 Å². The van der Waals surface area contributed by atoms with Gasteiger partial charge in [0.25, 0.3) is 0 Å². The molecule has 1 atom stereocenters. The van der Waals surface area contributed by atoms with Crippen LogP contribution >= 0.6 is 0 Å². The molecule has 0 aliphatic rings. The maximum Gasteiger partial charge on any atom is 0.140 e. The zero-order valence-corrected chi connectivity index (χ0v) is 10.8. The van der Waals surface area contributed by atoms with Crippen molar-refractivity contribution in [2.24, 2.45) is 0 Å². The van der Waals surface area contributed by atoms with Crippen LogP contribution in [0.15, 0.2) is 28.8 Å². The lowest BCUT2D eigenvalue weighted by Crippen LogP contribution is -1.99. The number of aliphatic hydroxyl groups excluding tert-OH is 1. The normalized spacial score (nSPS) is 12.4. The first kappa shape index (κ1) is 12.6. The minimum Gasteiger partial charge on any atom is -0.489 e. The van der Waals surface area contributed by atoms with Gasteiger partial charge in [0, 0.05) is 0 Å². The molecule has 4 heteroatoms. The number of rotatable bonds is 4. The second-order valence-electron chi connectivity index (χ2n) is 4.34. The van der Waals surface area contributed by atoms with Crippen LogP contribution in [-0.4, -0.2) is 10.3 Å². The molecule has 2 aromatic rings. The predicted molar refractivity (Wildman–Crippen MR) is 67.4 cm³/mol. The Morgan fingerprint density at radius 2 is 2.17 bits per heavy atom. The summed E-state index contributed by atoms with van der Waals surface area (Å²) in [7, 11) is 0. The molecule has 0 spiro atoms. The molecule has 0 saturated heterocycles. The highest BCUT2D eigenvalue weighted by atomic mass is 16.5. The van der Waals surface area contributed by atoms with Crippen LogP contribution < -0.4 is 4.74 Å². The first-order valence-corrected chi connectivity index (χ1v) is 5.90. The van der Waals surface area contributed by atoms with Gasteiger partial charge < -0.3 is 14.4 Å². The standard InChI is InChI=1S/C14H17NO3/c1-9-14(11(3)18-15-9)8-17-13-6-4-5-12(7-13)10(2)16/h4-7,10,16H,8H2,1-3H3. The molecule has 0 radical (unpaired) electrons. The van der Waals surface area contributed by atoms with Gasteiger partial charge in [0.05, 0.1) is 17.4 Å². The molecule has 1 heterocycles. The molecule has 1 N–H and O–H groups in total. The quantitative estimate of drug-likeness (QED) is 0.902. The van der Waals surface area contributed by atoms with E-state index in [4.69, 9.17) is 9.26 Å². The Labute approximate surface area is 106 Å². The third-order valence-corrected chi connectivity index (χ3v) is 2.90. The second kappa shape index (κ2) is 5.23. The van der Waals surface area contributed by atoms with Crippen LogP contribution in [0.2, 0.25) is 0 Å². The molecule has 0 fully saturated rings. The van der Waals surface area contributed by atoms with Crippen molar-refractivity contribution < 1.29 is 14.4 Å². The van der Waals surface area contributed by atoms with E-state index in [-0.39, 0.29) is 0 Å². The zero-order valence-electron chi connectivity index (χ0n) is 10.8. The second-order valence-corrected chi connectivity index (χ2v) is 4.34. The summed E-state index contributed by atoms with van der Waals surface area (Å²) < 4.78 is 10.8. The molecule has 1 aromatic carbocycles. The molecule has 0 saturated carbocycles. The number of aromatic nitrogens is 1. The van der Waals surface area contributed by atoms with Crippen LogP contribution in [0.4, 0.5) is 0 Å². The van der Waals surface area contributed by atoms with Crippen molar-refractivity contribution in [1.29, 1.82) is 0 Å². The molecule has 0 aliphatic heterocycles. The van der Waals surface area contributed by atoms with Gasteiger partial charge in [-0.1, -0.05) is 17.3 Å². The van der Waals surface area contributed by atoms with Crippen molar-refractivity contribution in [1.82, 2.24) is 5.16 Å². The Kier molecular flexibility index (Phi) is 3.67. The summed E-state index contributed by atoms with van der Waals surface area (Å²) in [6.45, 7) is 5.91. The van der Waals surface area contributed by atoms with Crippen molar-refractivity contribution in [2.75, 3.05) is 0 Å². The number of aliphatic hydroxyl groups is 1. The van der Waals surface area contributed by atoms with Gasteiger partial charge in [-0.3, -0.25) is 0 Å². The lowest BCUT2D eigenvalue weighted by molar-refractivity contribution is 0.198. The van der Waals surface area contributed by atoms with Gasteiger partial charge in [-0.2, -0.15) is 0 Å². The molecule has 18 heavy (non-hydrogen) atoms. The van der Waals surface area contributed by atoms with Gasteiger partial charge in [0.2, 0.25) is 0 Å². The van der Waals surface area contributed by atoms with Crippen LogP contribution in [0.5, 0.6) is 5.75 Å². The summed E-state index contributed by atoms with van der Waals surface area (Å²) >= 11 is 0. The third-order valence-electron chi connectivity index (χ3n) is 2.90. The molecule has 4 nitrogen and oxygen atoms in total. The highest BCUT2D eigenvalue weighted by Gasteiger charge is 2.10. The summed E-state index contributed by atoms with van der Waals surface area (Å²) in [6, 6.07) is 7.44. The third kappa shape index (κ3) is 2.71. The number of aryl methyl sites for hydroxylation is 2. The fourth-order valence-electron chi connectivity index (χ4n) is 1.73. The van der Waals surface area contributed by atoms with Gasteiger partial charge in [-0.15, -0.1) is 0 Å². The van der Waals surface area contributed by atoms with Crippen molar-refractivity contribution in [2.45, 2.75) is 33.5 Å². The van der Waals surface area contributed by atoms with Gasteiger partial charge >= 0.3 is 0 Å². The lowest BCUT2D eigenvalue weighted by Gasteiger charge is -2.09. The molecule has 1 aromatic heterocycles. The lowest BCUT2D eigenvalue weighted by atomic mass is 10.1. The van der Waals surface area contributed by atoms with E-state index in [2.05, 4.69) is 5.16 Å². The Morgan fingerprint density at radius 1 is 1.39 bits per heavy atom. The highest BCUT2D eigenvalue weighted by molar-refractivity contribution is 5.30. The van der Waals surface area contributed by atoms with E-state index in [1.807, 2.05) is 38.1 Å². The summed E-state index contributed by atoms with van der Waals surface area (Å²) in [6.07, 6.45) is -0.493. The van der Waals surface area contributed by atoms with E-state index >= 15 is 0 Å². The maximum absolute atomic E-state index is 9.51. The van der Waals surface area contributed by atoms with Crippen molar-refractivity contribution >= 4 is 0 Å². The van der Waals surface area contributed by atoms with Crippen LogP contribution in [0.3, 0.4) is 0 Å². The van der Waals surface area contributed by atoms with E-state index in [0.717, 1.165) is 28.3 Å². The monoisotopic (exact) mass is 247 g/mol. The summed E-state index contributed by atoms with van der Waals surface area (Å²) in [5.74, 6) is 1.51. The summed E-state index contributed by atoms with van der Waals surface area (Å²) in [5.41, 5.74) is 2.66. The number of benzene rings is 1. The van der Waals surface area contributed by atoms with Crippen molar-refractivity contribution in [3.05, 3.63) is 46.8 Å². The molecular weight excluding hydrogens is 230 g/mol. The van der Waals surface area contributed by atoms with Crippen LogP contribution in [-0.2, 0) is 6.61 Å². The molecule has 0 aliphatic carbocycles. The fraction of sp³-hybridized carbons (Fsp3) is 0.357. The van der Waals surface area contributed by atoms with Crippen LogP contribution in [0, 0.1) is 13.8 Å². The van der Waals surface area contributed by atoms with Gasteiger partial charge in [-0.05, 0) is 38.5 Å². The molecule has 96 valence electrons. The van der Waals surface area contributed by atoms with Crippen molar-refractivity contribution in [3.63, 3.8) is 0 Å². The molecule has 1 unspecified atom stereocenters. The molecule has 0 amide bonds. The Bertz CT molecular complexity index is 512. The molecular formula is C14H17NO3. The topological polar surface area (TPSA) is 55.5 Å². The number of nitrogens with zero attached hydrogens (tertiary/aromatic N) is 1. The Hall–Kier alpha value is -1.81.